The molecule has 0 aliphatic rings. The lowest BCUT2D eigenvalue weighted by molar-refractivity contribution is -0.274. The molecule has 5 rings (SSSR count). The van der Waals surface area contributed by atoms with E-state index in [-0.39, 0.29) is 11.8 Å². The Kier molecular flexibility index (Phi) is 7.38. The number of nitrogens with zero attached hydrogens (tertiary/aromatic N) is 2. The predicted molar refractivity (Wildman–Crippen MR) is 149 cm³/mol. The van der Waals surface area contributed by atoms with Crippen LogP contribution in [-0.4, -0.2) is 27.7 Å². The van der Waals surface area contributed by atoms with E-state index in [9.17, 15) is 18.0 Å². The molecule has 2 amide bonds. The topological polar surface area (TPSA) is 68.2 Å². The van der Waals surface area contributed by atoms with Crippen LogP contribution in [-0.2, 0) is 6.42 Å². The molecule has 2 N–H and O–H groups in total. The quantitative estimate of drug-likeness (QED) is 0.161. The lowest BCUT2D eigenvalue weighted by Gasteiger charge is -2.12. The van der Waals surface area contributed by atoms with Crippen molar-refractivity contribution in [1.82, 2.24) is 14.3 Å². The minimum Gasteiger partial charge on any atom is -0.406 e. The molecule has 200 valence electrons. The summed E-state index contributed by atoms with van der Waals surface area (Å²) in [7, 11) is 0. The average molecular weight is 551 g/mol. The number of alkyl halides is 3. The van der Waals surface area contributed by atoms with Gasteiger partial charge in [-0.2, -0.15) is 0 Å². The molecule has 6 nitrogen and oxygen atoms in total. The molecule has 0 unspecified atom stereocenters. The van der Waals surface area contributed by atoms with Gasteiger partial charge in [-0.15, -0.1) is 13.2 Å². The molecule has 0 spiro atoms. The van der Waals surface area contributed by atoms with E-state index in [1.165, 1.54) is 24.1 Å². The highest BCUT2D eigenvalue weighted by Gasteiger charge is 2.31. The van der Waals surface area contributed by atoms with Gasteiger partial charge in [0.2, 0.25) is 0 Å². The van der Waals surface area contributed by atoms with Gasteiger partial charge in [-0.25, -0.2) is 9.78 Å². The maximum atomic E-state index is 12.5. The van der Waals surface area contributed by atoms with Gasteiger partial charge < -0.3 is 10.1 Å². The molecule has 0 saturated carbocycles. The zero-order valence-electron chi connectivity index (χ0n) is 21.2. The molecule has 0 aliphatic heterocycles. The van der Waals surface area contributed by atoms with Crippen molar-refractivity contribution in [2.45, 2.75) is 26.6 Å². The molecule has 1 aromatic heterocycles. The molecule has 39 heavy (non-hydrogen) atoms. The Hall–Kier alpha value is -4.18. The van der Waals surface area contributed by atoms with Crippen LogP contribution < -0.4 is 14.8 Å². The highest BCUT2D eigenvalue weighted by molar-refractivity contribution is 7.97. The second-order valence-electron chi connectivity index (χ2n) is 9.07. The van der Waals surface area contributed by atoms with E-state index in [2.05, 4.69) is 25.8 Å². The Morgan fingerprint density at radius 2 is 1.74 bits per heavy atom. The molecule has 10 heteroatoms. The summed E-state index contributed by atoms with van der Waals surface area (Å²) in [6.45, 7) is 3.92. The van der Waals surface area contributed by atoms with E-state index in [4.69, 9.17) is 0 Å². The Morgan fingerprint density at radius 1 is 1.00 bits per heavy atom. The van der Waals surface area contributed by atoms with Gasteiger partial charge in [0.15, 0.2) is 0 Å². The van der Waals surface area contributed by atoms with Gasteiger partial charge in [0.05, 0.1) is 11.0 Å². The first-order valence-electron chi connectivity index (χ1n) is 12.2. The predicted octanol–water partition coefficient (Wildman–Crippen LogP) is 7.71. The number of imidazole rings is 1. The van der Waals surface area contributed by atoms with Crippen molar-refractivity contribution in [2.75, 3.05) is 11.1 Å². The lowest BCUT2D eigenvalue weighted by Crippen LogP contribution is -2.24. The largest absolute Gasteiger partial charge is 0.573 e. The molecule has 4 aromatic carbocycles. The van der Waals surface area contributed by atoms with E-state index in [1.54, 1.807) is 18.5 Å². The van der Waals surface area contributed by atoms with E-state index < -0.39 is 6.36 Å². The summed E-state index contributed by atoms with van der Waals surface area (Å²) in [4.78, 5) is 16.9. The van der Waals surface area contributed by atoms with Crippen LogP contribution in [0.5, 0.6) is 5.75 Å². The van der Waals surface area contributed by atoms with Crippen LogP contribution >= 0.6 is 11.9 Å². The molecule has 0 saturated heterocycles. The number of aryl methyl sites for hydroxylation is 3. The fourth-order valence-electron chi connectivity index (χ4n) is 4.46. The zero-order chi connectivity index (χ0) is 27.6. The van der Waals surface area contributed by atoms with Crippen LogP contribution in [0.15, 0.2) is 79.1 Å². The van der Waals surface area contributed by atoms with Gasteiger partial charge in [0.25, 0.3) is 0 Å². The van der Waals surface area contributed by atoms with Crippen LogP contribution in [0.3, 0.4) is 0 Å². The Labute approximate surface area is 227 Å². The number of benzene rings is 4. The van der Waals surface area contributed by atoms with Gasteiger partial charge in [0.1, 0.15) is 12.1 Å². The summed E-state index contributed by atoms with van der Waals surface area (Å²) in [6, 6.07) is 21.4. The Morgan fingerprint density at radius 3 is 2.46 bits per heavy atom. The second kappa shape index (κ2) is 10.9. The second-order valence-corrected chi connectivity index (χ2v) is 9.97. The van der Waals surface area contributed by atoms with Crippen molar-refractivity contribution >= 4 is 45.5 Å². The van der Waals surface area contributed by atoms with E-state index >= 15 is 0 Å². The number of amides is 2. The molecule has 5 aromatic rings. The maximum Gasteiger partial charge on any atom is 0.573 e. The summed E-state index contributed by atoms with van der Waals surface area (Å²) in [5, 5.41) is 4.92. The number of halogens is 3. The number of carbonyl (C=O) groups excluding carboxylic acids is 1. The fraction of sp³-hybridized carbons (Fsp3) is 0.172. The molecule has 0 radical (unpaired) electrons. The number of fused-ring (bicyclic) bond motifs is 3. The number of aromatic nitrogens is 2. The number of urea groups is 1. The van der Waals surface area contributed by atoms with Crippen molar-refractivity contribution in [3.05, 3.63) is 95.8 Å². The van der Waals surface area contributed by atoms with Crippen molar-refractivity contribution in [1.29, 1.82) is 0 Å². The highest BCUT2D eigenvalue weighted by Crippen LogP contribution is 2.29. The molecule has 0 atom stereocenters. The number of ether oxygens (including phenoxy) is 1. The van der Waals surface area contributed by atoms with Crippen LogP contribution in [0.1, 0.15) is 16.7 Å². The fourth-order valence-corrected chi connectivity index (χ4v) is 5.09. The van der Waals surface area contributed by atoms with Crippen molar-refractivity contribution in [2.24, 2.45) is 0 Å². The van der Waals surface area contributed by atoms with Crippen LogP contribution in [0.25, 0.3) is 27.5 Å². The van der Waals surface area contributed by atoms with Crippen LogP contribution in [0, 0.1) is 13.8 Å². The Bertz CT molecular complexity index is 1630. The normalized spacial score (nSPS) is 11.6. The van der Waals surface area contributed by atoms with Crippen molar-refractivity contribution in [3.63, 3.8) is 0 Å². The van der Waals surface area contributed by atoms with Crippen molar-refractivity contribution in [3.8, 4) is 11.4 Å². The first-order chi connectivity index (χ1) is 18.7. The minimum atomic E-state index is -4.73. The highest BCUT2D eigenvalue weighted by atomic mass is 32.2. The Balaban J connectivity index is 1.23. The summed E-state index contributed by atoms with van der Waals surface area (Å²) in [5.74, 6) is 0.431. The number of anilines is 1. The van der Waals surface area contributed by atoms with Gasteiger partial charge in [-0.3, -0.25) is 9.29 Å². The van der Waals surface area contributed by atoms with Gasteiger partial charge in [-0.1, -0.05) is 42.5 Å². The first-order valence-corrected chi connectivity index (χ1v) is 13.2. The zero-order valence-corrected chi connectivity index (χ0v) is 22.0. The maximum absolute atomic E-state index is 12.5. The molecular formula is C29H25F3N4O2S. The minimum absolute atomic E-state index is 0.253. The van der Waals surface area contributed by atoms with E-state index in [0.29, 0.717) is 11.4 Å². The summed E-state index contributed by atoms with van der Waals surface area (Å²) >= 11 is 1.35. The average Bonchev–Trinajstić information content (AvgIpc) is 3.33. The van der Waals surface area contributed by atoms with E-state index in [1.807, 2.05) is 60.9 Å². The monoisotopic (exact) mass is 550 g/mol. The number of rotatable bonds is 7. The third-order valence-corrected chi connectivity index (χ3v) is 7.06. The standard InChI is InChI=1S/C29H25F3N4O2S/c1-18-4-3-5-19(2)26(18)34-28(37)35-39-15-14-20-6-12-24-21(16-20)7-13-25-27(24)33-17-36(25)22-8-10-23(11-9-22)38-29(30,31)32/h3-13,16-17H,14-15H2,1-2H3,(H2,34,35,37). The summed E-state index contributed by atoms with van der Waals surface area (Å²) < 4.78 is 46.0. The first kappa shape index (κ1) is 26.4. The van der Waals surface area contributed by atoms with Gasteiger partial charge in [-0.05, 0) is 84.6 Å². The number of para-hydroxylation sites is 1. The lowest BCUT2D eigenvalue weighted by atomic mass is 10.0. The summed E-state index contributed by atoms with van der Waals surface area (Å²) in [5.41, 5.74) is 6.30. The number of nitrogens with one attached hydrogen (secondary N) is 2. The molecule has 1 heterocycles. The molecule has 0 bridgehead atoms. The third-order valence-electron chi connectivity index (χ3n) is 6.32. The van der Waals surface area contributed by atoms with Crippen LogP contribution in [0.2, 0.25) is 0 Å². The molecule has 0 fully saturated rings. The SMILES string of the molecule is Cc1cccc(C)c1NC(=O)NSCCc1ccc2c(ccc3c2ncn3-c2ccc(OC(F)(F)F)cc2)c1. The summed E-state index contributed by atoms with van der Waals surface area (Å²) in [6.07, 6.45) is -2.31. The number of hydrogen-bond donors (Lipinski definition) is 2. The van der Waals surface area contributed by atoms with Gasteiger partial charge in [0, 0.05) is 22.5 Å². The molecular weight excluding hydrogens is 525 g/mol. The smallest absolute Gasteiger partial charge is 0.406 e. The van der Waals surface area contributed by atoms with Gasteiger partial charge >= 0.3 is 12.4 Å². The van der Waals surface area contributed by atoms with Crippen LogP contribution in [0.4, 0.5) is 23.7 Å². The number of carbonyl (C=O) groups is 1. The number of hydrogen-bond acceptors (Lipinski definition) is 4. The molecule has 0 aliphatic carbocycles. The third kappa shape index (κ3) is 6.12. The van der Waals surface area contributed by atoms with Crippen molar-refractivity contribution < 1.29 is 22.7 Å². The van der Waals surface area contributed by atoms with E-state index in [0.717, 1.165) is 50.6 Å².